The number of rotatable bonds is 3. The van der Waals surface area contributed by atoms with Gasteiger partial charge in [0.1, 0.15) is 11.3 Å². The van der Waals surface area contributed by atoms with Crippen molar-refractivity contribution in [2.45, 2.75) is 25.3 Å². The van der Waals surface area contributed by atoms with Crippen LogP contribution in [-0.2, 0) is 0 Å². The van der Waals surface area contributed by atoms with Crippen molar-refractivity contribution >= 4 is 28.5 Å². The van der Waals surface area contributed by atoms with Gasteiger partial charge in [0.05, 0.1) is 0 Å². The van der Waals surface area contributed by atoms with Gasteiger partial charge in [-0.3, -0.25) is 9.36 Å². The fourth-order valence-corrected chi connectivity index (χ4v) is 2.99. The van der Waals surface area contributed by atoms with E-state index in [1.165, 1.54) is 6.42 Å². The van der Waals surface area contributed by atoms with Crippen LogP contribution in [0.2, 0.25) is 5.02 Å². The monoisotopic (exact) mass is 325 g/mol. The number of nitrogens with one attached hydrogen (secondary N) is 1. The van der Waals surface area contributed by atoms with Gasteiger partial charge < -0.3 is 5.32 Å². The van der Waals surface area contributed by atoms with Gasteiger partial charge in [0.25, 0.3) is 5.91 Å². The molecule has 23 heavy (non-hydrogen) atoms. The zero-order chi connectivity index (χ0) is 15.8. The van der Waals surface area contributed by atoms with Gasteiger partial charge >= 0.3 is 0 Å². The second-order valence-corrected chi connectivity index (χ2v) is 6.30. The van der Waals surface area contributed by atoms with Gasteiger partial charge in [0, 0.05) is 28.3 Å². The molecule has 1 aliphatic carbocycles. The molecule has 0 atom stereocenters. The van der Waals surface area contributed by atoms with E-state index < -0.39 is 0 Å². The molecular formula is C18H16ClN3O. The molecular weight excluding hydrogens is 310 g/mol. The fourth-order valence-electron chi connectivity index (χ4n) is 2.87. The quantitative estimate of drug-likeness (QED) is 0.792. The highest BCUT2D eigenvalue weighted by Crippen LogP contribution is 2.25. The lowest BCUT2D eigenvalue weighted by molar-refractivity contribution is 0.0910. The third-order valence-electron chi connectivity index (χ3n) is 4.32. The second-order valence-electron chi connectivity index (χ2n) is 5.86. The van der Waals surface area contributed by atoms with Gasteiger partial charge in [-0.25, -0.2) is 4.98 Å². The summed E-state index contributed by atoms with van der Waals surface area (Å²) in [5.74, 6) is -0.0531. The van der Waals surface area contributed by atoms with E-state index in [-0.39, 0.29) is 5.91 Å². The number of hydrogen-bond donors (Lipinski definition) is 1. The molecule has 0 spiro atoms. The Kier molecular flexibility index (Phi) is 3.54. The number of hydrogen-bond acceptors (Lipinski definition) is 2. The number of halogens is 1. The number of carbonyl (C=O) groups excluding carboxylic acids is 1. The highest BCUT2D eigenvalue weighted by Gasteiger charge is 2.23. The summed E-state index contributed by atoms with van der Waals surface area (Å²) in [5.41, 5.74) is 2.25. The highest BCUT2D eigenvalue weighted by molar-refractivity contribution is 6.30. The number of pyridine rings is 1. The first-order chi connectivity index (χ1) is 11.2. The van der Waals surface area contributed by atoms with Crippen molar-refractivity contribution in [2.75, 3.05) is 0 Å². The van der Waals surface area contributed by atoms with E-state index in [0.717, 1.165) is 29.6 Å². The van der Waals surface area contributed by atoms with E-state index in [2.05, 4.69) is 10.3 Å². The van der Waals surface area contributed by atoms with Crippen LogP contribution in [0.15, 0.2) is 48.7 Å². The summed E-state index contributed by atoms with van der Waals surface area (Å²) >= 11 is 5.98. The Balaban J connectivity index is 1.83. The number of aromatic nitrogens is 2. The molecule has 116 valence electrons. The SMILES string of the molecule is O=C(NC1CCC1)c1cc2cccnc2n1-c1ccc(Cl)cc1. The first-order valence-corrected chi connectivity index (χ1v) is 8.13. The summed E-state index contributed by atoms with van der Waals surface area (Å²) in [4.78, 5) is 17.1. The number of amides is 1. The Morgan fingerprint density at radius 2 is 2.00 bits per heavy atom. The van der Waals surface area contributed by atoms with Crippen LogP contribution < -0.4 is 5.32 Å². The van der Waals surface area contributed by atoms with Crippen molar-refractivity contribution < 1.29 is 4.79 Å². The predicted molar refractivity (Wildman–Crippen MR) is 91.2 cm³/mol. The molecule has 0 unspecified atom stereocenters. The van der Waals surface area contributed by atoms with Gasteiger partial charge in [-0.1, -0.05) is 11.6 Å². The van der Waals surface area contributed by atoms with Crippen LogP contribution in [-0.4, -0.2) is 21.5 Å². The first kappa shape index (κ1) is 14.3. The Labute approximate surface area is 139 Å². The van der Waals surface area contributed by atoms with Crippen LogP contribution in [0.5, 0.6) is 0 Å². The number of benzene rings is 1. The maximum absolute atomic E-state index is 12.7. The van der Waals surface area contributed by atoms with Crippen molar-refractivity contribution in [2.24, 2.45) is 0 Å². The molecule has 1 N–H and O–H groups in total. The Bertz CT molecular complexity index is 866. The molecule has 1 amide bonds. The van der Waals surface area contributed by atoms with Crippen LogP contribution in [0, 0.1) is 0 Å². The third-order valence-corrected chi connectivity index (χ3v) is 4.57. The van der Waals surface area contributed by atoms with Crippen LogP contribution in [0.1, 0.15) is 29.8 Å². The lowest BCUT2D eigenvalue weighted by Crippen LogP contribution is -2.40. The van der Waals surface area contributed by atoms with Crippen molar-refractivity contribution in [3.63, 3.8) is 0 Å². The molecule has 0 bridgehead atoms. The van der Waals surface area contributed by atoms with Crippen molar-refractivity contribution in [1.29, 1.82) is 0 Å². The van der Waals surface area contributed by atoms with Gasteiger partial charge in [0.15, 0.2) is 0 Å². The summed E-state index contributed by atoms with van der Waals surface area (Å²) < 4.78 is 1.89. The molecule has 0 aliphatic heterocycles. The van der Waals surface area contributed by atoms with Gasteiger partial charge in [-0.15, -0.1) is 0 Å². The van der Waals surface area contributed by atoms with E-state index in [1.807, 2.05) is 47.0 Å². The Morgan fingerprint density at radius 3 is 2.70 bits per heavy atom. The van der Waals surface area contributed by atoms with Gasteiger partial charge in [0.2, 0.25) is 0 Å². The maximum atomic E-state index is 12.7. The molecule has 1 fully saturated rings. The first-order valence-electron chi connectivity index (χ1n) is 7.75. The standard InChI is InChI=1S/C18H16ClN3O/c19-13-6-8-15(9-7-13)22-16(18(23)21-14-4-1-5-14)11-12-3-2-10-20-17(12)22/h2-3,6-11,14H,1,4-5H2,(H,21,23). The zero-order valence-corrected chi connectivity index (χ0v) is 13.3. The molecule has 2 aromatic heterocycles. The highest BCUT2D eigenvalue weighted by atomic mass is 35.5. The molecule has 3 aromatic rings. The van der Waals surface area contributed by atoms with E-state index >= 15 is 0 Å². The molecule has 4 rings (SSSR count). The number of nitrogens with zero attached hydrogens (tertiary/aromatic N) is 2. The average molecular weight is 326 g/mol. The molecule has 1 saturated carbocycles. The molecule has 0 radical (unpaired) electrons. The van der Waals surface area contributed by atoms with E-state index in [4.69, 9.17) is 11.6 Å². The summed E-state index contributed by atoms with van der Waals surface area (Å²) in [5, 5.41) is 4.71. The van der Waals surface area contributed by atoms with Gasteiger partial charge in [-0.05, 0) is 61.7 Å². The third kappa shape index (κ3) is 2.59. The molecule has 1 aliphatic rings. The summed E-state index contributed by atoms with van der Waals surface area (Å²) in [6.07, 6.45) is 5.05. The number of fused-ring (bicyclic) bond motifs is 1. The van der Waals surface area contributed by atoms with Crippen LogP contribution in [0.3, 0.4) is 0 Å². The molecule has 5 heteroatoms. The van der Waals surface area contributed by atoms with Crippen LogP contribution in [0.4, 0.5) is 0 Å². The van der Waals surface area contributed by atoms with Crippen LogP contribution in [0.25, 0.3) is 16.7 Å². The molecule has 1 aromatic carbocycles. The van der Waals surface area contributed by atoms with E-state index in [1.54, 1.807) is 6.20 Å². The second kappa shape index (κ2) is 5.70. The summed E-state index contributed by atoms with van der Waals surface area (Å²) in [6, 6.07) is 13.5. The Morgan fingerprint density at radius 1 is 1.22 bits per heavy atom. The average Bonchev–Trinajstić information content (AvgIpc) is 2.91. The summed E-state index contributed by atoms with van der Waals surface area (Å²) in [6.45, 7) is 0. The minimum absolute atomic E-state index is 0.0531. The minimum Gasteiger partial charge on any atom is -0.348 e. The molecule has 0 saturated heterocycles. The van der Waals surface area contributed by atoms with Crippen molar-refractivity contribution in [1.82, 2.24) is 14.9 Å². The topological polar surface area (TPSA) is 46.9 Å². The minimum atomic E-state index is -0.0531. The van der Waals surface area contributed by atoms with Gasteiger partial charge in [-0.2, -0.15) is 0 Å². The van der Waals surface area contributed by atoms with Crippen molar-refractivity contribution in [3.8, 4) is 5.69 Å². The van der Waals surface area contributed by atoms with E-state index in [9.17, 15) is 4.79 Å². The smallest absolute Gasteiger partial charge is 0.268 e. The summed E-state index contributed by atoms with van der Waals surface area (Å²) in [7, 11) is 0. The largest absolute Gasteiger partial charge is 0.348 e. The normalized spacial score (nSPS) is 14.7. The molecule has 2 heterocycles. The Hall–Kier alpha value is -2.33. The fraction of sp³-hybridized carbons (Fsp3) is 0.222. The van der Waals surface area contributed by atoms with Crippen LogP contribution >= 0.6 is 11.6 Å². The predicted octanol–water partition coefficient (Wildman–Crippen LogP) is 3.96. The lowest BCUT2D eigenvalue weighted by Gasteiger charge is -2.26. The zero-order valence-electron chi connectivity index (χ0n) is 12.5. The van der Waals surface area contributed by atoms with Crippen molar-refractivity contribution in [3.05, 3.63) is 59.4 Å². The molecule has 4 nitrogen and oxygen atoms in total. The van der Waals surface area contributed by atoms with E-state index in [0.29, 0.717) is 16.8 Å². The lowest BCUT2D eigenvalue weighted by atomic mass is 9.93. The maximum Gasteiger partial charge on any atom is 0.268 e. The number of carbonyl (C=O) groups is 1.